The van der Waals surface area contributed by atoms with Crippen LogP contribution in [-0.2, 0) is 11.8 Å². The van der Waals surface area contributed by atoms with Crippen LogP contribution in [0.3, 0.4) is 0 Å². The van der Waals surface area contributed by atoms with E-state index >= 15 is 0 Å². The van der Waals surface area contributed by atoms with Crippen molar-refractivity contribution in [3.63, 3.8) is 0 Å². The van der Waals surface area contributed by atoms with E-state index in [9.17, 15) is 4.79 Å². The van der Waals surface area contributed by atoms with E-state index in [0.717, 1.165) is 30.8 Å². The van der Waals surface area contributed by atoms with Crippen molar-refractivity contribution in [1.82, 2.24) is 19.7 Å². The SMILES string of the molecule is Cc1nn(C)c(C)c1C1CCCN1C(=O)COc1cccnc1. The molecule has 0 bridgehead atoms. The lowest BCUT2D eigenvalue weighted by Crippen LogP contribution is -2.34. The van der Waals surface area contributed by atoms with E-state index in [1.54, 1.807) is 24.5 Å². The lowest BCUT2D eigenvalue weighted by molar-refractivity contribution is -0.134. The quantitative estimate of drug-likeness (QED) is 0.868. The van der Waals surface area contributed by atoms with E-state index in [0.29, 0.717) is 5.75 Å². The van der Waals surface area contributed by atoms with Crippen molar-refractivity contribution in [3.8, 4) is 5.75 Å². The maximum absolute atomic E-state index is 12.6. The summed E-state index contributed by atoms with van der Waals surface area (Å²) in [5, 5.41) is 4.48. The second kappa shape index (κ2) is 6.40. The highest BCUT2D eigenvalue weighted by molar-refractivity contribution is 5.78. The van der Waals surface area contributed by atoms with Gasteiger partial charge in [0, 0.05) is 31.0 Å². The molecule has 1 fully saturated rings. The predicted molar refractivity (Wildman–Crippen MR) is 86.1 cm³/mol. The van der Waals surface area contributed by atoms with Gasteiger partial charge in [0.2, 0.25) is 0 Å². The van der Waals surface area contributed by atoms with Gasteiger partial charge in [-0.3, -0.25) is 14.5 Å². The fourth-order valence-electron chi connectivity index (χ4n) is 3.30. The van der Waals surface area contributed by atoms with Crippen molar-refractivity contribution in [3.05, 3.63) is 41.5 Å². The van der Waals surface area contributed by atoms with Crippen molar-refractivity contribution in [1.29, 1.82) is 0 Å². The summed E-state index contributed by atoms with van der Waals surface area (Å²) in [6.07, 6.45) is 5.28. The second-order valence-electron chi connectivity index (χ2n) is 5.93. The molecule has 0 aliphatic carbocycles. The molecule has 1 aliphatic heterocycles. The molecule has 0 spiro atoms. The highest BCUT2D eigenvalue weighted by atomic mass is 16.5. The lowest BCUT2D eigenvalue weighted by atomic mass is 10.0. The largest absolute Gasteiger partial charge is 0.482 e. The Morgan fingerprint density at radius 3 is 2.91 bits per heavy atom. The minimum absolute atomic E-state index is 0.0130. The van der Waals surface area contributed by atoms with Crippen LogP contribution < -0.4 is 4.74 Å². The summed E-state index contributed by atoms with van der Waals surface area (Å²) in [6.45, 7) is 4.88. The van der Waals surface area contributed by atoms with Gasteiger partial charge in [-0.05, 0) is 38.8 Å². The summed E-state index contributed by atoms with van der Waals surface area (Å²) in [6, 6.07) is 3.70. The summed E-state index contributed by atoms with van der Waals surface area (Å²) in [7, 11) is 1.94. The van der Waals surface area contributed by atoms with Crippen molar-refractivity contribution in [2.45, 2.75) is 32.7 Å². The van der Waals surface area contributed by atoms with Gasteiger partial charge in [0.1, 0.15) is 5.75 Å². The zero-order chi connectivity index (χ0) is 16.4. The third kappa shape index (κ3) is 3.06. The van der Waals surface area contributed by atoms with Gasteiger partial charge < -0.3 is 9.64 Å². The zero-order valence-corrected chi connectivity index (χ0v) is 13.8. The molecule has 1 saturated heterocycles. The summed E-state index contributed by atoms with van der Waals surface area (Å²) >= 11 is 0. The molecule has 122 valence electrons. The highest BCUT2D eigenvalue weighted by Gasteiger charge is 2.33. The van der Waals surface area contributed by atoms with E-state index in [1.807, 2.05) is 23.6 Å². The molecule has 23 heavy (non-hydrogen) atoms. The molecule has 3 heterocycles. The number of rotatable bonds is 4. The number of likely N-dealkylation sites (tertiary alicyclic amines) is 1. The second-order valence-corrected chi connectivity index (χ2v) is 5.93. The van der Waals surface area contributed by atoms with Gasteiger partial charge in [-0.15, -0.1) is 0 Å². The number of aryl methyl sites for hydroxylation is 2. The van der Waals surface area contributed by atoms with Crippen LogP contribution in [0.4, 0.5) is 0 Å². The summed E-state index contributed by atoms with van der Waals surface area (Å²) < 4.78 is 7.44. The molecule has 2 aromatic rings. The topological polar surface area (TPSA) is 60.2 Å². The van der Waals surface area contributed by atoms with Crippen LogP contribution in [0, 0.1) is 13.8 Å². The molecular formula is C17H22N4O2. The fourth-order valence-corrected chi connectivity index (χ4v) is 3.30. The van der Waals surface area contributed by atoms with Crippen molar-refractivity contribution in [2.75, 3.05) is 13.2 Å². The number of nitrogens with zero attached hydrogens (tertiary/aromatic N) is 4. The first-order valence-electron chi connectivity index (χ1n) is 7.90. The molecule has 1 atom stereocenters. The average molecular weight is 314 g/mol. The number of carbonyl (C=O) groups is 1. The highest BCUT2D eigenvalue weighted by Crippen LogP contribution is 2.35. The van der Waals surface area contributed by atoms with Crippen molar-refractivity contribution >= 4 is 5.91 Å². The molecule has 6 heteroatoms. The van der Waals surface area contributed by atoms with E-state index in [-0.39, 0.29) is 18.6 Å². The molecule has 0 N–H and O–H groups in total. The molecule has 0 aromatic carbocycles. The molecule has 6 nitrogen and oxygen atoms in total. The normalized spacial score (nSPS) is 17.5. The van der Waals surface area contributed by atoms with Gasteiger partial charge in [-0.25, -0.2) is 0 Å². The van der Waals surface area contributed by atoms with Crippen LogP contribution in [0.2, 0.25) is 0 Å². The number of hydrogen-bond acceptors (Lipinski definition) is 4. The number of amides is 1. The standard InChI is InChI=1S/C17H22N4O2/c1-12-17(13(2)20(3)19-12)15-7-5-9-21(15)16(22)11-23-14-6-4-8-18-10-14/h4,6,8,10,15H,5,7,9,11H2,1-3H3. The molecule has 1 amide bonds. The third-order valence-electron chi connectivity index (χ3n) is 4.47. The Kier molecular flexibility index (Phi) is 4.32. The third-order valence-corrected chi connectivity index (χ3v) is 4.47. The first-order chi connectivity index (χ1) is 11.1. The van der Waals surface area contributed by atoms with Crippen LogP contribution in [0.5, 0.6) is 5.75 Å². The van der Waals surface area contributed by atoms with E-state index < -0.39 is 0 Å². The fraction of sp³-hybridized carbons (Fsp3) is 0.471. The Hall–Kier alpha value is -2.37. The monoisotopic (exact) mass is 314 g/mol. The molecule has 0 saturated carbocycles. The Morgan fingerprint density at radius 2 is 2.26 bits per heavy atom. The van der Waals surface area contributed by atoms with Crippen molar-refractivity contribution < 1.29 is 9.53 Å². The zero-order valence-electron chi connectivity index (χ0n) is 13.8. The minimum Gasteiger partial charge on any atom is -0.482 e. The molecule has 2 aromatic heterocycles. The minimum atomic E-state index is 0.0130. The Morgan fingerprint density at radius 1 is 1.43 bits per heavy atom. The van der Waals surface area contributed by atoms with Gasteiger partial charge in [0.05, 0.1) is 17.9 Å². The number of ether oxygens (including phenoxy) is 1. The first-order valence-corrected chi connectivity index (χ1v) is 7.90. The smallest absolute Gasteiger partial charge is 0.261 e. The summed E-state index contributed by atoms with van der Waals surface area (Å²) in [5.41, 5.74) is 3.31. The van der Waals surface area contributed by atoms with E-state index in [2.05, 4.69) is 17.0 Å². The van der Waals surface area contributed by atoms with Crippen LogP contribution >= 0.6 is 0 Å². The molecule has 3 rings (SSSR count). The van der Waals surface area contributed by atoms with Gasteiger partial charge in [-0.2, -0.15) is 5.10 Å². The number of carbonyl (C=O) groups excluding carboxylic acids is 1. The predicted octanol–water partition coefficient (Wildman–Crippen LogP) is 2.17. The molecule has 0 radical (unpaired) electrons. The van der Waals surface area contributed by atoms with Crippen LogP contribution in [-0.4, -0.2) is 38.7 Å². The molecule has 1 aliphatic rings. The number of hydrogen-bond donors (Lipinski definition) is 0. The average Bonchev–Trinajstić information content (AvgIpc) is 3.11. The maximum atomic E-state index is 12.6. The van der Waals surface area contributed by atoms with Crippen LogP contribution in [0.25, 0.3) is 0 Å². The molecular weight excluding hydrogens is 292 g/mol. The van der Waals surface area contributed by atoms with Gasteiger partial charge >= 0.3 is 0 Å². The van der Waals surface area contributed by atoms with Gasteiger partial charge in [0.25, 0.3) is 5.91 Å². The Bertz CT molecular complexity index is 696. The summed E-state index contributed by atoms with van der Waals surface area (Å²) in [4.78, 5) is 18.5. The van der Waals surface area contributed by atoms with Crippen molar-refractivity contribution in [2.24, 2.45) is 7.05 Å². The Labute approximate surface area is 136 Å². The van der Waals surface area contributed by atoms with Gasteiger partial charge in [0.15, 0.2) is 6.61 Å². The summed E-state index contributed by atoms with van der Waals surface area (Å²) in [5.74, 6) is 0.629. The van der Waals surface area contributed by atoms with Gasteiger partial charge in [-0.1, -0.05) is 0 Å². The van der Waals surface area contributed by atoms with Crippen LogP contribution in [0.1, 0.15) is 35.8 Å². The maximum Gasteiger partial charge on any atom is 0.261 e. The van der Waals surface area contributed by atoms with Crippen LogP contribution in [0.15, 0.2) is 24.5 Å². The molecule has 1 unspecified atom stereocenters. The number of pyridine rings is 1. The first kappa shape index (κ1) is 15.5. The Balaban J connectivity index is 1.72. The van der Waals surface area contributed by atoms with E-state index in [4.69, 9.17) is 4.74 Å². The number of aromatic nitrogens is 3. The van der Waals surface area contributed by atoms with E-state index in [1.165, 1.54) is 5.56 Å². The lowest BCUT2D eigenvalue weighted by Gasteiger charge is -2.25.